The van der Waals surface area contributed by atoms with E-state index in [-0.39, 0.29) is 12.1 Å². The summed E-state index contributed by atoms with van der Waals surface area (Å²) in [4.78, 5) is 0.387. The monoisotopic (exact) mass is 296 g/mol. The molecule has 5 heteroatoms. The van der Waals surface area contributed by atoms with E-state index < -0.39 is 10.0 Å². The van der Waals surface area contributed by atoms with E-state index in [1.165, 1.54) is 0 Å². The van der Waals surface area contributed by atoms with Crippen molar-refractivity contribution in [3.05, 3.63) is 23.3 Å². The van der Waals surface area contributed by atoms with E-state index in [4.69, 9.17) is 5.73 Å². The molecule has 0 radical (unpaired) electrons. The van der Waals surface area contributed by atoms with Crippen molar-refractivity contribution in [2.24, 2.45) is 0 Å². The summed E-state index contributed by atoms with van der Waals surface area (Å²) in [6, 6.07) is 3.65. The molecule has 1 fully saturated rings. The first kappa shape index (κ1) is 15.3. The molecule has 0 aromatic heterocycles. The Bertz CT molecular complexity index is 601. The molecule has 1 aliphatic rings. The molecule has 2 atom stereocenters. The molecule has 0 bridgehead atoms. The summed E-state index contributed by atoms with van der Waals surface area (Å²) >= 11 is 0. The third-order valence-electron chi connectivity index (χ3n) is 4.29. The number of hydrogen-bond acceptors (Lipinski definition) is 3. The maximum atomic E-state index is 13.1. The molecule has 112 valence electrons. The molecule has 1 aliphatic heterocycles. The lowest BCUT2D eigenvalue weighted by Gasteiger charge is -2.38. The molecule has 4 nitrogen and oxygen atoms in total. The van der Waals surface area contributed by atoms with E-state index in [1.807, 2.05) is 20.8 Å². The first-order valence-corrected chi connectivity index (χ1v) is 8.60. The molecule has 1 saturated heterocycles. The number of nitrogen functional groups attached to an aromatic ring is 1. The van der Waals surface area contributed by atoms with E-state index in [0.29, 0.717) is 16.1 Å². The van der Waals surface area contributed by atoms with Gasteiger partial charge in [0.05, 0.1) is 4.90 Å². The molecular formula is C15H24N2O2S. The van der Waals surface area contributed by atoms with E-state index >= 15 is 0 Å². The third kappa shape index (κ3) is 2.44. The number of piperidine rings is 1. The summed E-state index contributed by atoms with van der Waals surface area (Å²) in [7, 11) is -3.49. The number of benzene rings is 1. The lowest BCUT2D eigenvalue weighted by molar-refractivity contribution is 0.204. The van der Waals surface area contributed by atoms with E-state index in [1.54, 1.807) is 23.4 Å². The van der Waals surface area contributed by atoms with Crippen molar-refractivity contribution in [2.45, 2.75) is 63.9 Å². The van der Waals surface area contributed by atoms with Crippen molar-refractivity contribution < 1.29 is 8.42 Å². The minimum absolute atomic E-state index is 0.0454. The van der Waals surface area contributed by atoms with Gasteiger partial charge in [0.1, 0.15) is 0 Å². The van der Waals surface area contributed by atoms with Crippen molar-refractivity contribution >= 4 is 15.7 Å². The van der Waals surface area contributed by atoms with Crippen LogP contribution in [-0.4, -0.2) is 24.8 Å². The quantitative estimate of drug-likeness (QED) is 0.854. The average molecular weight is 296 g/mol. The Balaban J connectivity index is 2.58. The average Bonchev–Trinajstić information content (AvgIpc) is 2.33. The SMILES string of the molecule is Cc1ccc(N)c(C)c1S(=O)(=O)N1[C@H](C)CCC[C@@H]1C. The topological polar surface area (TPSA) is 63.4 Å². The van der Waals surface area contributed by atoms with Gasteiger partial charge in [-0.2, -0.15) is 4.31 Å². The van der Waals surface area contributed by atoms with Crippen LogP contribution in [-0.2, 0) is 10.0 Å². The van der Waals surface area contributed by atoms with Crippen molar-refractivity contribution in [3.63, 3.8) is 0 Å². The van der Waals surface area contributed by atoms with Crippen molar-refractivity contribution in [1.29, 1.82) is 0 Å². The van der Waals surface area contributed by atoms with Crippen molar-refractivity contribution in [2.75, 3.05) is 5.73 Å². The first-order chi connectivity index (χ1) is 9.26. The van der Waals surface area contributed by atoms with Crippen LogP contribution in [0.2, 0.25) is 0 Å². The highest BCUT2D eigenvalue weighted by atomic mass is 32.2. The van der Waals surface area contributed by atoms with Gasteiger partial charge in [-0.15, -0.1) is 0 Å². The van der Waals surface area contributed by atoms with E-state index in [0.717, 1.165) is 24.8 Å². The van der Waals surface area contributed by atoms with Crippen molar-refractivity contribution in [3.8, 4) is 0 Å². The Labute approximate surface area is 122 Å². The molecule has 20 heavy (non-hydrogen) atoms. The fourth-order valence-corrected chi connectivity index (χ4v) is 5.56. The van der Waals surface area contributed by atoms with Gasteiger partial charge in [-0.1, -0.05) is 12.5 Å². The van der Waals surface area contributed by atoms with Gasteiger partial charge in [-0.3, -0.25) is 0 Å². The van der Waals surface area contributed by atoms with Gasteiger partial charge in [0, 0.05) is 17.8 Å². The highest BCUT2D eigenvalue weighted by Crippen LogP contribution is 2.33. The fraction of sp³-hybridized carbons (Fsp3) is 0.600. The van der Waals surface area contributed by atoms with Crippen LogP contribution in [0.4, 0.5) is 5.69 Å². The van der Waals surface area contributed by atoms with E-state index in [2.05, 4.69) is 0 Å². The third-order valence-corrected chi connectivity index (χ3v) is 6.71. The summed E-state index contributed by atoms with van der Waals surface area (Å²) in [6.45, 7) is 7.60. The zero-order valence-electron chi connectivity index (χ0n) is 12.7. The van der Waals surface area contributed by atoms with Crippen LogP contribution in [0.1, 0.15) is 44.2 Å². The lowest BCUT2D eigenvalue weighted by atomic mass is 10.0. The molecule has 1 aromatic carbocycles. The van der Waals surface area contributed by atoms with Crippen LogP contribution in [0.15, 0.2) is 17.0 Å². The maximum Gasteiger partial charge on any atom is 0.244 e. The van der Waals surface area contributed by atoms with Crippen molar-refractivity contribution in [1.82, 2.24) is 4.31 Å². The minimum atomic E-state index is -3.49. The van der Waals surface area contributed by atoms with Crippen LogP contribution in [0.3, 0.4) is 0 Å². The largest absolute Gasteiger partial charge is 0.398 e. The zero-order valence-corrected chi connectivity index (χ0v) is 13.5. The number of hydrogen-bond donors (Lipinski definition) is 1. The number of aryl methyl sites for hydroxylation is 1. The molecule has 1 aromatic rings. The summed E-state index contributed by atoms with van der Waals surface area (Å²) in [5.41, 5.74) is 7.86. The summed E-state index contributed by atoms with van der Waals surface area (Å²) in [6.07, 6.45) is 2.93. The van der Waals surface area contributed by atoms with Crippen LogP contribution < -0.4 is 5.73 Å². The second-order valence-electron chi connectivity index (χ2n) is 5.89. The van der Waals surface area contributed by atoms with Gasteiger partial charge in [0.15, 0.2) is 0 Å². The molecule has 2 N–H and O–H groups in total. The number of sulfonamides is 1. The Morgan fingerprint density at radius 1 is 1.15 bits per heavy atom. The molecular weight excluding hydrogens is 272 g/mol. The zero-order chi connectivity index (χ0) is 15.1. The first-order valence-electron chi connectivity index (χ1n) is 7.16. The lowest BCUT2D eigenvalue weighted by Crippen LogP contribution is -2.47. The Morgan fingerprint density at radius 2 is 1.70 bits per heavy atom. The summed E-state index contributed by atoms with van der Waals surface area (Å²) in [5, 5.41) is 0. The molecule has 2 rings (SSSR count). The Morgan fingerprint density at radius 3 is 2.25 bits per heavy atom. The summed E-state index contributed by atoms with van der Waals surface area (Å²) in [5.74, 6) is 0. The number of anilines is 1. The molecule has 1 heterocycles. The molecule has 0 unspecified atom stereocenters. The van der Waals surface area contributed by atoms with Gasteiger partial charge in [0.25, 0.3) is 0 Å². The second kappa shape index (κ2) is 5.37. The molecule has 0 aliphatic carbocycles. The van der Waals surface area contributed by atoms with Gasteiger partial charge in [-0.25, -0.2) is 8.42 Å². The predicted molar refractivity (Wildman–Crippen MR) is 82.1 cm³/mol. The smallest absolute Gasteiger partial charge is 0.244 e. The standard InChI is InChI=1S/C15H24N2O2S/c1-10-8-9-14(16)13(4)15(10)20(18,19)17-11(2)6-5-7-12(17)3/h8-9,11-12H,5-7,16H2,1-4H3/t11-,12+. The van der Waals surface area contributed by atoms with Gasteiger partial charge in [-0.05, 0) is 57.7 Å². The molecule has 0 saturated carbocycles. The van der Waals surface area contributed by atoms with Gasteiger partial charge in [0.2, 0.25) is 10.0 Å². The van der Waals surface area contributed by atoms with Crippen LogP contribution in [0.25, 0.3) is 0 Å². The maximum absolute atomic E-state index is 13.1. The normalized spacial score (nSPS) is 24.8. The van der Waals surface area contributed by atoms with Crippen LogP contribution >= 0.6 is 0 Å². The second-order valence-corrected chi connectivity index (χ2v) is 7.67. The van der Waals surface area contributed by atoms with Crippen LogP contribution in [0, 0.1) is 13.8 Å². The number of rotatable bonds is 2. The Kier molecular flexibility index (Phi) is 4.12. The highest BCUT2D eigenvalue weighted by Gasteiger charge is 2.37. The van der Waals surface area contributed by atoms with Gasteiger partial charge >= 0.3 is 0 Å². The molecule has 0 amide bonds. The predicted octanol–water partition coefficient (Wildman–Crippen LogP) is 2.84. The highest BCUT2D eigenvalue weighted by molar-refractivity contribution is 7.89. The molecule has 0 spiro atoms. The minimum Gasteiger partial charge on any atom is -0.398 e. The van der Waals surface area contributed by atoms with Crippen LogP contribution in [0.5, 0.6) is 0 Å². The Hall–Kier alpha value is -1.07. The fourth-order valence-electron chi connectivity index (χ4n) is 3.22. The van der Waals surface area contributed by atoms with E-state index in [9.17, 15) is 8.42 Å². The summed E-state index contributed by atoms with van der Waals surface area (Å²) < 4.78 is 27.8. The number of nitrogens with zero attached hydrogens (tertiary/aromatic N) is 1. The number of nitrogens with two attached hydrogens (primary N) is 1. The van der Waals surface area contributed by atoms with Gasteiger partial charge < -0.3 is 5.73 Å².